The predicted octanol–water partition coefficient (Wildman–Crippen LogP) is 3.78. The Morgan fingerprint density at radius 1 is 1.04 bits per heavy atom. The van der Waals surface area contributed by atoms with Crippen LogP contribution in [0.25, 0.3) is 0 Å². The van der Waals surface area contributed by atoms with Crippen molar-refractivity contribution in [2.24, 2.45) is 0 Å². The van der Waals surface area contributed by atoms with E-state index in [0.29, 0.717) is 0 Å². The van der Waals surface area contributed by atoms with Gasteiger partial charge in [0.2, 0.25) is 0 Å². The van der Waals surface area contributed by atoms with Crippen LogP contribution in [0, 0.1) is 0 Å². The molecule has 2 aliphatic rings. The van der Waals surface area contributed by atoms with Crippen molar-refractivity contribution in [3.8, 4) is 0 Å². The lowest BCUT2D eigenvalue weighted by Crippen LogP contribution is -2.46. The van der Waals surface area contributed by atoms with Gasteiger partial charge in [-0.15, -0.1) is 0 Å². The van der Waals surface area contributed by atoms with Crippen LogP contribution in [-0.4, -0.2) is 43.2 Å². The summed E-state index contributed by atoms with van der Waals surface area (Å²) in [6, 6.07) is 15.0. The third kappa shape index (κ3) is 3.79. The number of anilines is 1. The van der Waals surface area contributed by atoms with Crippen LogP contribution in [0.2, 0.25) is 0 Å². The van der Waals surface area contributed by atoms with Gasteiger partial charge in [0.1, 0.15) is 11.6 Å². The van der Waals surface area contributed by atoms with E-state index in [-0.39, 0.29) is 0 Å². The molecule has 4 nitrogen and oxygen atoms in total. The lowest BCUT2D eigenvalue weighted by atomic mass is 10.2. The monoisotopic (exact) mass is 367 g/mol. The van der Waals surface area contributed by atoms with E-state index in [1.165, 1.54) is 10.5 Å². The molecule has 3 heterocycles. The lowest BCUT2D eigenvalue weighted by molar-refractivity contribution is 0.247. The second-order valence-electron chi connectivity index (χ2n) is 6.54. The number of hydrogen-bond acceptors (Lipinski definition) is 4. The Hall–Kier alpha value is -2.24. The first kappa shape index (κ1) is 17.2. The van der Waals surface area contributed by atoms with Crippen LogP contribution in [-0.2, 0) is 11.3 Å². The molecule has 1 unspecified atom stereocenters. The van der Waals surface area contributed by atoms with E-state index >= 15 is 0 Å². The van der Waals surface area contributed by atoms with E-state index in [2.05, 4.69) is 68.1 Å². The molecule has 2 aliphatic heterocycles. The molecule has 0 N–H and O–H groups in total. The second kappa shape index (κ2) is 7.98. The minimum atomic E-state index is -0.393. The average molecular weight is 368 g/mol. The van der Waals surface area contributed by atoms with Gasteiger partial charge in [0.15, 0.2) is 0 Å². The van der Waals surface area contributed by atoms with Crippen LogP contribution in [0.15, 0.2) is 76.2 Å². The quantitative estimate of drug-likeness (QED) is 0.814. The van der Waals surface area contributed by atoms with Crippen molar-refractivity contribution in [3.05, 3.63) is 76.9 Å². The Kier molecular flexibility index (Phi) is 5.27. The van der Waals surface area contributed by atoms with E-state index in [0.717, 1.165) is 44.3 Å². The zero-order chi connectivity index (χ0) is 17.8. The van der Waals surface area contributed by atoms with Crippen molar-refractivity contribution >= 4 is 16.7 Å². The van der Waals surface area contributed by atoms with Crippen LogP contribution in [0.4, 0.5) is 5.82 Å². The standard InChI is InChI=1S/C21H25N3OS/c1-25-19-9-15-26(17-19)20-7-3-2-6-18(20)16-23-11-13-24(14-12-23)21-8-4-5-10-22-21/h2-10,15,17,26H,11-14,16H2,1H3. The molecule has 0 saturated carbocycles. The van der Waals surface area contributed by atoms with Crippen molar-refractivity contribution in [2.45, 2.75) is 11.4 Å². The molecule has 0 aliphatic carbocycles. The van der Waals surface area contributed by atoms with Gasteiger partial charge in [-0.1, -0.05) is 24.3 Å². The minimum absolute atomic E-state index is 0.393. The van der Waals surface area contributed by atoms with Gasteiger partial charge in [-0.2, -0.15) is 10.9 Å². The minimum Gasteiger partial charge on any atom is -0.496 e. The predicted molar refractivity (Wildman–Crippen MR) is 110 cm³/mol. The average Bonchev–Trinajstić information content (AvgIpc) is 3.19. The maximum absolute atomic E-state index is 5.38. The first-order valence-corrected chi connectivity index (χ1v) is 10.5. The smallest absolute Gasteiger partial charge is 0.128 e. The van der Waals surface area contributed by atoms with Gasteiger partial charge in [0.05, 0.1) is 7.11 Å². The summed E-state index contributed by atoms with van der Waals surface area (Å²) >= 11 is 0. The highest BCUT2D eigenvalue weighted by Gasteiger charge is 2.20. The largest absolute Gasteiger partial charge is 0.496 e. The van der Waals surface area contributed by atoms with Crippen molar-refractivity contribution in [1.82, 2.24) is 9.88 Å². The van der Waals surface area contributed by atoms with Crippen LogP contribution >= 0.6 is 10.9 Å². The molecular formula is C21H25N3OS. The second-order valence-corrected chi connectivity index (χ2v) is 8.39. The zero-order valence-corrected chi connectivity index (χ0v) is 16.0. The third-order valence-corrected chi connectivity index (χ3v) is 6.91. The summed E-state index contributed by atoms with van der Waals surface area (Å²) in [5.74, 6) is 2.07. The first-order valence-electron chi connectivity index (χ1n) is 9.02. The number of rotatable bonds is 5. The molecular weight excluding hydrogens is 342 g/mol. The highest BCUT2D eigenvalue weighted by molar-refractivity contribution is 8.22. The van der Waals surface area contributed by atoms with Gasteiger partial charge in [0.25, 0.3) is 0 Å². The van der Waals surface area contributed by atoms with Crippen molar-refractivity contribution in [2.75, 3.05) is 38.2 Å². The Bertz CT molecular complexity index is 798. The summed E-state index contributed by atoms with van der Waals surface area (Å²) in [6.07, 6.45) is 3.96. The maximum atomic E-state index is 5.38. The Labute approximate surface area is 158 Å². The van der Waals surface area contributed by atoms with Gasteiger partial charge in [0, 0.05) is 44.3 Å². The molecule has 136 valence electrons. The van der Waals surface area contributed by atoms with Gasteiger partial charge >= 0.3 is 0 Å². The van der Waals surface area contributed by atoms with Crippen LogP contribution in [0.5, 0.6) is 0 Å². The highest BCUT2D eigenvalue weighted by atomic mass is 32.2. The van der Waals surface area contributed by atoms with Crippen LogP contribution in [0.1, 0.15) is 5.56 Å². The fraction of sp³-hybridized carbons (Fsp3) is 0.286. The summed E-state index contributed by atoms with van der Waals surface area (Å²) in [5.41, 5.74) is 1.43. The molecule has 0 radical (unpaired) electrons. The van der Waals surface area contributed by atoms with Crippen LogP contribution in [0.3, 0.4) is 0 Å². The van der Waals surface area contributed by atoms with E-state index < -0.39 is 10.9 Å². The molecule has 1 aromatic carbocycles. The highest BCUT2D eigenvalue weighted by Crippen LogP contribution is 2.46. The van der Waals surface area contributed by atoms with Gasteiger partial charge in [-0.05, 0) is 40.1 Å². The Balaban J connectivity index is 1.42. The maximum Gasteiger partial charge on any atom is 0.128 e. The summed E-state index contributed by atoms with van der Waals surface area (Å²) in [5, 5.41) is 4.54. The van der Waals surface area contributed by atoms with E-state index in [1.54, 1.807) is 7.11 Å². The molecule has 1 saturated heterocycles. The normalized spacial score (nSPS) is 21.7. The molecule has 0 bridgehead atoms. The summed E-state index contributed by atoms with van der Waals surface area (Å²) in [4.78, 5) is 10.8. The molecule has 1 aromatic heterocycles. The summed E-state index contributed by atoms with van der Waals surface area (Å²) < 4.78 is 5.38. The fourth-order valence-electron chi connectivity index (χ4n) is 3.46. The topological polar surface area (TPSA) is 28.6 Å². The molecule has 0 amide bonds. The number of piperazine rings is 1. The lowest BCUT2D eigenvalue weighted by Gasteiger charge is -2.35. The number of hydrogen-bond donors (Lipinski definition) is 1. The molecule has 4 rings (SSSR count). The summed E-state index contributed by atoms with van der Waals surface area (Å²) in [6.45, 7) is 5.20. The number of thiol groups is 1. The van der Waals surface area contributed by atoms with E-state index in [1.807, 2.05) is 12.3 Å². The number of benzene rings is 1. The Morgan fingerprint density at radius 3 is 2.58 bits per heavy atom. The summed E-state index contributed by atoms with van der Waals surface area (Å²) in [7, 11) is 1.35. The number of nitrogens with zero attached hydrogens (tertiary/aromatic N) is 3. The number of methoxy groups -OCH3 is 1. The van der Waals surface area contributed by atoms with E-state index in [9.17, 15) is 0 Å². The Morgan fingerprint density at radius 2 is 1.85 bits per heavy atom. The third-order valence-electron chi connectivity index (χ3n) is 4.91. The number of ether oxygens (including phenoxy) is 1. The first-order chi connectivity index (χ1) is 12.8. The number of aromatic nitrogens is 1. The van der Waals surface area contributed by atoms with Gasteiger partial charge < -0.3 is 9.64 Å². The fourth-order valence-corrected chi connectivity index (χ4v) is 5.35. The SMILES string of the molecule is COC1=C[SH](c2ccccc2CN2CCN(c3ccccn3)CC2)C=C1. The molecule has 0 spiro atoms. The molecule has 26 heavy (non-hydrogen) atoms. The van der Waals surface area contributed by atoms with Gasteiger partial charge in [-0.25, -0.2) is 4.98 Å². The molecule has 1 atom stereocenters. The van der Waals surface area contributed by atoms with Gasteiger partial charge in [-0.3, -0.25) is 4.90 Å². The number of allylic oxidation sites excluding steroid dienone is 1. The molecule has 1 fully saturated rings. The number of pyridine rings is 1. The van der Waals surface area contributed by atoms with Crippen molar-refractivity contribution in [1.29, 1.82) is 0 Å². The van der Waals surface area contributed by atoms with Crippen LogP contribution < -0.4 is 4.90 Å². The molecule has 2 aromatic rings. The van der Waals surface area contributed by atoms with Crippen molar-refractivity contribution in [3.63, 3.8) is 0 Å². The zero-order valence-electron chi connectivity index (χ0n) is 15.1. The van der Waals surface area contributed by atoms with Crippen molar-refractivity contribution < 1.29 is 4.74 Å². The van der Waals surface area contributed by atoms with E-state index in [4.69, 9.17) is 4.74 Å². The molecule has 5 heteroatoms.